The van der Waals surface area contributed by atoms with E-state index in [0.717, 1.165) is 11.8 Å². The molecule has 0 aliphatic carbocycles. The minimum absolute atomic E-state index is 0.108. The van der Waals surface area contributed by atoms with Crippen molar-refractivity contribution in [2.45, 2.75) is 26.2 Å². The summed E-state index contributed by atoms with van der Waals surface area (Å²) < 4.78 is 15.8. The second-order valence-electron chi connectivity index (χ2n) is 5.52. The molecule has 0 aliphatic rings. The number of ether oxygens (including phenoxy) is 2. The van der Waals surface area contributed by atoms with Gasteiger partial charge in [0.25, 0.3) is 0 Å². The fourth-order valence-electron chi connectivity index (χ4n) is 1.81. The molecule has 0 atom stereocenters. The molecular formula is C15H17NO5. The lowest BCUT2D eigenvalue weighted by atomic mass is 9.86. The molecule has 0 fully saturated rings. The number of benzene rings is 1. The quantitative estimate of drug-likeness (QED) is 0.928. The van der Waals surface area contributed by atoms with Crippen LogP contribution >= 0.6 is 0 Å². The van der Waals surface area contributed by atoms with Crippen molar-refractivity contribution in [2.24, 2.45) is 0 Å². The molecule has 1 heterocycles. The second-order valence-corrected chi connectivity index (χ2v) is 5.52. The van der Waals surface area contributed by atoms with Gasteiger partial charge in [-0.2, -0.15) is 4.98 Å². The zero-order valence-corrected chi connectivity index (χ0v) is 12.3. The summed E-state index contributed by atoms with van der Waals surface area (Å²) in [6.45, 7) is 6.10. The molecule has 0 saturated carbocycles. The van der Waals surface area contributed by atoms with Crippen LogP contribution in [0.1, 0.15) is 36.8 Å². The fourth-order valence-corrected chi connectivity index (χ4v) is 1.81. The average Bonchev–Trinajstić information content (AvgIpc) is 2.86. The Kier molecular flexibility index (Phi) is 3.88. The van der Waals surface area contributed by atoms with Crippen LogP contribution in [0.2, 0.25) is 0 Å². The maximum atomic E-state index is 10.8. The van der Waals surface area contributed by atoms with E-state index in [1.165, 1.54) is 0 Å². The van der Waals surface area contributed by atoms with Gasteiger partial charge in [0.05, 0.1) is 7.11 Å². The van der Waals surface area contributed by atoms with Crippen LogP contribution in [0.15, 0.2) is 28.9 Å². The molecule has 1 aromatic heterocycles. The van der Waals surface area contributed by atoms with Crippen molar-refractivity contribution < 1.29 is 23.8 Å². The van der Waals surface area contributed by atoms with Gasteiger partial charge in [0.15, 0.2) is 5.69 Å². The highest BCUT2D eigenvalue weighted by Crippen LogP contribution is 2.36. The number of methoxy groups -OCH3 is 1. The van der Waals surface area contributed by atoms with Gasteiger partial charge in [-0.25, -0.2) is 4.79 Å². The Morgan fingerprint density at radius 2 is 2.05 bits per heavy atom. The lowest BCUT2D eigenvalue weighted by Crippen LogP contribution is -2.12. The molecule has 1 N–H and O–H groups in total. The molecule has 0 amide bonds. The maximum absolute atomic E-state index is 10.8. The van der Waals surface area contributed by atoms with Crippen LogP contribution in [0.25, 0.3) is 0 Å². The van der Waals surface area contributed by atoms with E-state index in [4.69, 9.17) is 19.0 Å². The molecule has 6 nitrogen and oxygen atoms in total. The zero-order valence-electron chi connectivity index (χ0n) is 12.3. The second kappa shape index (κ2) is 5.47. The van der Waals surface area contributed by atoms with Gasteiger partial charge in [-0.3, -0.25) is 0 Å². The number of aromatic carboxylic acids is 1. The summed E-state index contributed by atoms with van der Waals surface area (Å²) in [7, 11) is 1.59. The van der Waals surface area contributed by atoms with Crippen molar-refractivity contribution in [1.29, 1.82) is 0 Å². The van der Waals surface area contributed by atoms with Crippen LogP contribution in [0, 0.1) is 0 Å². The first-order chi connectivity index (χ1) is 9.81. The van der Waals surface area contributed by atoms with E-state index in [-0.39, 0.29) is 17.2 Å². The number of carboxylic acids is 1. The van der Waals surface area contributed by atoms with E-state index < -0.39 is 5.97 Å². The number of carbonyl (C=O) groups is 1. The lowest BCUT2D eigenvalue weighted by Gasteiger charge is -2.22. The first-order valence-corrected chi connectivity index (χ1v) is 6.36. The molecule has 0 aliphatic heterocycles. The number of hydrogen-bond donors (Lipinski definition) is 1. The van der Waals surface area contributed by atoms with Crippen molar-refractivity contribution in [1.82, 2.24) is 4.98 Å². The summed E-state index contributed by atoms with van der Waals surface area (Å²) in [6, 6.07) is 5.37. The van der Waals surface area contributed by atoms with Crippen LogP contribution in [-0.2, 0) is 5.41 Å². The molecule has 0 radical (unpaired) electrons. The summed E-state index contributed by atoms with van der Waals surface area (Å²) in [5.74, 6) is 0.0902. The topological polar surface area (TPSA) is 81.8 Å². The van der Waals surface area contributed by atoms with E-state index in [9.17, 15) is 4.79 Å². The first kappa shape index (κ1) is 14.9. The van der Waals surface area contributed by atoms with Crippen molar-refractivity contribution in [3.63, 3.8) is 0 Å². The molecule has 0 spiro atoms. The standard InChI is InChI=1S/C15H17NO5/c1-15(2,3)10-7-9(19-4)5-6-12(10)21-14-16-11(8-20-14)13(17)18/h5-8H,1-4H3,(H,17,18). The van der Waals surface area contributed by atoms with Crippen LogP contribution in [0.3, 0.4) is 0 Å². The third-order valence-corrected chi connectivity index (χ3v) is 2.89. The monoisotopic (exact) mass is 291 g/mol. The number of rotatable bonds is 4. The summed E-state index contributed by atoms with van der Waals surface area (Å²) in [5.41, 5.74) is 0.513. The predicted molar refractivity (Wildman–Crippen MR) is 75.2 cm³/mol. The molecule has 2 rings (SSSR count). The minimum atomic E-state index is -1.17. The van der Waals surface area contributed by atoms with Gasteiger partial charge in [-0.05, 0) is 23.6 Å². The SMILES string of the molecule is COc1ccc(Oc2nc(C(=O)O)co2)c(C(C)(C)C)c1. The number of aromatic nitrogens is 1. The van der Waals surface area contributed by atoms with E-state index in [1.54, 1.807) is 19.2 Å². The molecular weight excluding hydrogens is 274 g/mol. The van der Waals surface area contributed by atoms with Gasteiger partial charge in [0.2, 0.25) is 0 Å². The van der Waals surface area contributed by atoms with Crippen molar-refractivity contribution in [3.8, 4) is 17.6 Å². The Balaban J connectivity index is 2.36. The largest absolute Gasteiger partial charge is 0.497 e. The number of nitrogens with zero attached hydrogens (tertiary/aromatic N) is 1. The molecule has 112 valence electrons. The predicted octanol–water partition coefficient (Wildman–Crippen LogP) is 3.47. The van der Waals surface area contributed by atoms with Crippen LogP contribution in [0.4, 0.5) is 0 Å². The van der Waals surface area contributed by atoms with Crippen molar-refractivity contribution in [3.05, 3.63) is 35.7 Å². The number of oxazole rings is 1. The van der Waals surface area contributed by atoms with E-state index >= 15 is 0 Å². The summed E-state index contributed by atoms with van der Waals surface area (Å²) in [5, 5.41) is 8.82. The third kappa shape index (κ3) is 3.34. The van der Waals surface area contributed by atoms with Crippen LogP contribution < -0.4 is 9.47 Å². The van der Waals surface area contributed by atoms with Crippen LogP contribution in [0.5, 0.6) is 17.6 Å². The van der Waals surface area contributed by atoms with Gasteiger partial charge >= 0.3 is 12.0 Å². The summed E-state index contributed by atoms with van der Waals surface area (Å²) in [4.78, 5) is 14.5. The molecule has 6 heteroatoms. The van der Waals surface area contributed by atoms with Gasteiger partial charge < -0.3 is 19.0 Å². The van der Waals surface area contributed by atoms with Gasteiger partial charge in [-0.15, -0.1) is 0 Å². The molecule has 2 aromatic rings. The van der Waals surface area contributed by atoms with Crippen LogP contribution in [-0.4, -0.2) is 23.2 Å². The van der Waals surface area contributed by atoms with E-state index in [2.05, 4.69) is 4.98 Å². The Morgan fingerprint density at radius 1 is 1.33 bits per heavy atom. The van der Waals surface area contributed by atoms with Crippen molar-refractivity contribution in [2.75, 3.05) is 7.11 Å². The summed E-state index contributed by atoms with van der Waals surface area (Å²) >= 11 is 0. The highest BCUT2D eigenvalue weighted by molar-refractivity contribution is 5.84. The molecule has 0 unspecified atom stereocenters. The lowest BCUT2D eigenvalue weighted by molar-refractivity contribution is 0.0690. The Morgan fingerprint density at radius 3 is 2.57 bits per heavy atom. The molecule has 1 aromatic carbocycles. The molecule has 21 heavy (non-hydrogen) atoms. The normalized spacial score (nSPS) is 11.2. The molecule has 0 saturated heterocycles. The van der Waals surface area contributed by atoms with Crippen molar-refractivity contribution >= 4 is 5.97 Å². The highest BCUT2D eigenvalue weighted by atomic mass is 16.6. The molecule has 0 bridgehead atoms. The van der Waals surface area contributed by atoms with Gasteiger partial charge in [0.1, 0.15) is 17.8 Å². The third-order valence-electron chi connectivity index (χ3n) is 2.89. The van der Waals surface area contributed by atoms with Gasteiger partial charge in [-0.1, -0.05) is 20.8 Å². The zero-order chi connectivity index (χ0) is 15.6. The fraction of sp³-hybridized carbons (Fsp3) is 0.333. The van der Waals surface area contributed by atoms with Gasteiger partial charge in [0, 0.05) is 5.56 Å². The maximum Gasteiger partial charge on any atom is 0.399 e. The first-order valence-electron chi connectivity index (χ1n) is 6.36. The van der Waals surface area contributed by atoms with E-state index in [1.807, 2.05) is 26.8 Å². The Labute approximate surface area is 122 Å². The summed E-state index contributed by atoms with van der Waals surface area (Å²) in [6.07, 6.45) is 0.931. The average molecular weight is 291 g/mol. The highest BCUT2D eigenvalue weighted by Gasteiger charge is 2.22. The number of hydrogen-bond acceptors (Lipinski definition) is 5. The minimum Gasteiger partial charge on any atom is -0.497 e. The Hall–Kier alpha value is -2.50. The number of carboxylic acid groups (broad SMARTS) is 1. The smallest absolute Gasteiger partial charge is 0.399 e. The Bertz CT molecular complexity index is 654. The van der Waals surface area contributed by atoms with E-state index in [0.29, 0.717) is 11.5 Å².